The minimum absolute atomic E-state index is 0.147. The van der Waals surface area contributed by atoms with Crippen molar-refractivity contribution in [2.24, 2.45) is 0 Å². The molecule has 0 fully saturated rings. The Labute approximate surface area is 106 Å². The average Bonchev–Trinajstić information content (AvgIpc) is 2.36. The molecule has 1 atom stereocenters. The molecular weight excluding hydrogens is 228 g/mol. The molecule has 0 aliphatic rings. The zero-order valence-corrected chi connectivity index (χ0v) is 11.4. The van der Waals surface area contributed by atoms with Crippen LogP contribution in [0.3, 0.4) is 0 Å². The van der Waals surface area contributed by atoms with Gasteiger partial charge in [0.1, 0.15) is 6.04 Å². The number of rotatable bonds is 7. The standard InChI is InChI=1S/C13H18N2OSi/c1-15(11-17-2)13(8-14)10-16-9-12-6-4-3-5-7-12/h3-7,13H,9-11H2,1-2H3. The molecule has 2 radical (unpaired) electrons. The van der Waals surface area contributed by atoms with Crippen LogP contribution in [0.1, 0.15) is 5.56 Å². The molecule has 1 unspecified atom stereocenters. The maximum atomic E-state index is 9.05. The van der Waals surface area contributed by atoms with Gasteiger partial charge < -0.3 is 4.74 Å². The second-order valence-corrected chi connectivity index (χ2v) is 4.94. The molecule has 4 heteroatoms. The van der Waals surface area contributed by atoms with E-state index in [1.165, 1.54) is 0 Å². The second kappa shape index (κ2) is 8.01. The Kier molecular flexibility index (Phi) is 6.56. The molecule has 0 aliphatic carbocycles. The summed E-state index contributed by atoms with van der Waals surface area (Å²) in [6, 6.07) is 12.1. The molecule has 0 aliphatic heterocycles. The highest BCUT2D eigenvalue weighted by Crippen LogP contribution is 2.02. The van der Waals surface area contributed by atoms with Gasteiger partial charge >= 0.3 is 0 Å². The highest BCUT2D eigenvalue weighted by Gasteiger charge is 2.12. The van der Waals surface area contributed by atoms with Crippen molar-refractivity contribution in [3.05, 3.63) is 35.9 Å². The van der Waals surface area contributed by atoms with Crippen molar-refractivity contribution < 1.29 is 4.74 Å². The Balaban J connectivity index is 2.32. The van der Waals surface area contributed by atoms with E-state index in [0.717, 1.165) is 21.3 Å². The number of hydrogen-bond acceptors (Lipinski definition) is 3. The molecule has 0 heterocycles. The molecule has 3 nitrogen and oxygen atoms in total. The first-order chi connectivity index (χ1) is 8.27. The molecular formula is C13H18N2OSi. The van der Waals surface area contributed by atoms with Gasteiger partial charge in [0.25, 0.3) is 0 Å². The van der Waals surface area contributed by atoms with Crippen LogP contribution < -0.4 is 0 Å². The largest absolute Gasteiger partial charge is 0.374 e. The second-order valence-electron chi connectivity index (χ2n) is 3.91. The normalized spacial score (nSPS) is 12.4. The molecule has 0 saturated carbocycles. The minimum atomic E-state index is -0.147. The van der Waals surface area contributed by atoms with Gasteiger partial charge in [-0.1, -0.05) is 36.9 Å². The minimum Gasteiger partial charge on any atom is -0.374 e. The summed E-state index contributed by atoms with van der Waals surface area (Å²) in [5, 5.41) is 9.05. The first kappa shape index (κ1) is 13.9. The fraction of sp³-hybridized carbons (Fsp3) is 0.462. The van der Waals surface area contributed by atoms with Gasteiger partial charge in [0.05, 0.1) is 28.8 Å². The van der Waals surface area contributed by atoms with Gasteiger partial charge in [-0.05, 0) is 18.8 Å². The highest BCUT2D eigenvalue weighted by atomic mass is 28.2. The van der Waals surface area contributed by atoms with E-state index in [9.17, 15) is 0 Å². The van der Waals surface area contributed by atoms with Crippen molar-refractivity contribution in [2.75, 3.05) is 19.8 Å². The van der Waals surface area contributed by atoms with Gasteiger partial charge in [0.2, 0.25) is 0 Å². The summed E-state index contributed by atoms with van der Waals surface area (Å²) in [6.07, 6.45) is 0.951. The van der Waals surface area contributed by atoms with Crippen LogP contribution in [0.2, 0.25) is 6.55 Å². The Bertz CT molecular complexity index is 350. The fourth-order valence-corrected chi connectivity index (χ4v) is 2.20. The number of likely N-dealkylation sites (N-methyl/N-ethyl adjacent to an activating group) is 1. The van der Waals surface area contributed by atoms with Crippen molar-refractivity contribution in [2.45, 2.75) is 19.2 Å². The van der Waals surface area contributed by atoms with Gasteiger partial charge in [0.15, 0.2) is 0 Å². The Hall–Kier alpha value is -1.15. The molecule has 0 spiro atoms. The van der Waals surface area contributed by atoms with E-state index >= 15 is 0 Å². The third kappa shape index (κ3) is 5.13. The zero-order chi connectivity index (χ0) is 12.5. The van der Waals surface area contributed by atoms with Crippen LogP contribution in [0.4, 0.5) is 0 Å². The van der Waals surface area contributed by atoms with E-state index in [2.05, 4.69) is 12.6 Å². The fourth-order valence-electron chi connectivity index (χ4n) is 1.49. The van der Waals surface area contributed by atoms with E-state index in [4.69, 9.17) is 10.00 Å². The topological polar surface area (TPSA) is 36.3 Å². The van der Waals surface area contributed by atoms with Crippen molar-refractivity contribution in [1.29, 1.82) is 5.26 Å². The lowest BCUT2D eigenvalue weighted by Gasteiger charge is -2.21. The van der Waals surface area contributed by atoms with Crippen molar-refractivity contribution >= 4 is 9.52 Å². The lowest BCUT2D eigenvalue weighted by atomic mass is 10.2. The van der Waals surface area contributed by atoms with Crippen LogP contribution in [-0.2, 0) is 11.3 Å². The predicted octanol–water partition coefficient (Wildman–Crippen LogP) is 1.74. The van der Waals surface area contributed by atoms with Gasteiger partial charge in [-0.25, -0.2) is 0 Å². The number of hydrogen-bond donors (Lipinski definition) is 0. The SMILES string of the molecule is C[Si]CN(C)C(C#N)COCc1ccccc1. The molecule has 0 saturated heterocycles. The lowest BCUT2D eigenvalue weighted by Crippen LogP contribution is -2.36. The number of benzene rings is 1. The average molecular weight is 246 g/mol. The molecule has 0 amide bonds. The number of nitriles is 1. The zero-order valence-electron chi connectivity index (χ0n) is 10.4. The maximum Gasteiger partial charge on any atom is 0.121 e. The molecule has 1 aromatic rings. The van der Waals surface area contributed by atoms with Crippen LogP contribution >= 0.6 is 0 Å². The van der Waals surface area contributed by atoms with Crippen molar-refractivity contribution in [3.8, 4) is 6.07 Å². The molecule has 17 heavy (non-hydrogen) atoms. The van der Waals surface area contributed by atoms with Gasteiger partial charge in [0, 0.05) is 0 Å². The van der Waals surface area contributed by atoms with E-state index in [-0.39, 0.29) is 6.04 Å². The van der Waals surface area contributed by atoms with Crippen LogP contribution in [-0.4, -0.2) is 40.3 Å². The molecule has 0 aromatic heterocycles. The van der Waals surface area contributed by atoms with Gasteiger partial charge in [-0.3, -0.25) is 4.90 Å². The molecule has 1 aromatic carbocycles. The Morgan fingerprint density at radius 1 is 1.41 bits per heavy atom. The van der Waals surface area contributed by atoms with Crippen LogP contribution in [0.15, 0.2) is 30.3 Å². The lowest BCUT2D eigenvalue weighted by molar-refractivity contribution is 0.0839. The van der Waals surface area contributed by atoms with Gasteiger partial charge in [-0.15, -0.1) is 0 Å². The summed E-state index contributed by atoms with van der Waals surface area (Å²) in [5.41, 5.74) is 1.14. The molecule has 0 bridgehead atoms. The van der Waals surface area contributed by atoms with E-state index < -0.39 is 0 Å². The third-order valence-electron chi connectivity index (χ3n) is 2.48. The molecule has 90 valence electrons. The smallest absolute Gasteiger partial charge is 0.121 e. The highest BCUT2D eigenvalue weighted by molar-refractivity contribution is 6.33. The summed E-state index contributed by atoms with van der Waals surface area (Å²) in [4.78, 5) is 2.05. The number of ether oxygens (including phenoxy) is 1. The first-order valence-corrected chi connectivity index (χ1v) is 7.34. The van der Waals surface area contributed by atoms with Crippen LogP contribution in [0.5, 0.6) is 0 Å². The summed E-state index contributed by atoms with van der Waals surface area (Å²) in [7, 11) is 2.80. The summed E-state index contributed by atoms with van der Waals surface area (Å²) in [5.74, 6) is 0. The Morgan fingerprint density at radius 2 is 2.12 bits per heavy atom. The van der Waals surface area contributed by atoms with E-state index in [1.807, 2.05) is 42.3 Å². The molecule has 1 rings (SSSR count). The first-order valence-electron chi connectivity index (χ1n) is 5.64. The number of nitrogens with zero attached hydrogens (tertiary/aromatic N) is 2. The summed E-state index contributed by atoms with van der Waals surface area (Å²) >= 11 is 0. The van der Waals surface area contributed by atoms with Crippen molar-refractivity contribution in [3.63, 3.8) is 0 Å². The van der Waals surface area contributed by atoms with E-state index in [1.54, 1.807) is 0 Å². The monoisotopic (exact) mass is 246 g/mol. The van der Waals surface area contributed by atoms with Gasteiger partial charge in [-0.2, -0.15) is 5.26 Å². The maximum absolute atomic E-state index is 9.05. The summed E-state index contributed by atoms with van der Waals surface area (Å²) in [6.45, 7) is 3.17. The molecule has 0 N–H and O–H groups in total. The van der Waals surface area contributed by atoms with Crippen molar-refractivity contribution in [1.82, 2.24) is 4.90 Å². The third-order valence-corrected chi connectivity index (χ3v) is 3.29. The predicted molar refractivity (Wildman–Crippen MR) is 69.7 cm³/mol. The Morgan fingerprint density at radius 3 is 2.71 bits per heavy atom. The van der Waals surface area contributed by atoms with E-state index in [0.29, 0.717) is 13.2 Å². The van der Waals surface area contributed by atoms with Crippen LogP contribution in [0.25, 0.3) is 0 Å². The van der Waals surface area contributed by atoms with Crippen LogP contribution in [0, 0.1) is 11.3 Å². The quantitative estimate of drug-likeness (QED) is 0.688. The summed E-state index contributed by atoms with van der Waals surface area (Å²) < 4.78 is 5.58.